The minimum absolute atomic E-state index is 0.0349. The summed E-state index contributed by atoms with van der Waals surface area (Å²) in [5.41, 5.74) is 12.5. The first-order valence-corrected chi connectivity index (χ1v) is 14.6. The number of hydrogen-bond donors (Lipinski definition) is 4. The van der Waals surface area contributed by atoms with Crippen LogP contribution in [0.2, 0.25) is 0 Å². The summed E-state index contributed by atoms with van der Waals surface area (Å²) in [4.78, 5) is 58.1. The second-order valence-electron chi connectivity index (χ2n) is 11.9. The molecule has 1 aromatic rings. The molecule has 4 aliphatic rings. The summed E-state index contributed by atoms with van der Waals surface area (Å²) in [5, 5.41) is 5.39. The van der Waals surface area contributed by atoms with Crippen LogP contribution in [-0.4, -0.2) is 97.9 Å². The van der Waals surface area contributed by atoms with E-state index in [1.807, 2.05) is 6.07 Å². The zero-order valence-electron chi connectivity index (χ0n) is 24.5. The van der Waals surface area contributed by atoms with Gasteiger partial charge < -0.3 is 41.4 Å². The Labute approximate surface area is 245 Å². The second-order valence-corrected chi connectivity index (χ2v) is 11.9. The van der Waals surface area contributed by atoms with Crippen LogP contribution in [0.15, 0.2) is 17.1 Å². The Kier molecular flexibility index (Phi) is 8.31. The number of guanidine groups is 1. The number of ketones is 1. The van der Waals surface area contributed by atoms with Crippen LogP contribution < -0.4 is 31.6 Å². The predicted octanol–water partition coefficient (Wildman–Crippen LogP) is 0.0298. The number of hydrogen-bond acceptors (Lipinski definition) is 8. The van der Waals surface area contributed by atoms with Crippen molar-refractivity contribution in [2.24, 2.45) is 22.4 Å². The van der Waals surface area contributed by atoms with E-state index in [1.165, 1.54) is 11.8 Å². The van der Waals surface area contributed by atoms with Crippen LogP contribution in [0.25, 0.3) is 0 Å². The van der Waals surface area contributed by atoms with Gasteiger partial charge >= 0.3 is 6.09 Å². The molecule has 42 heavy (non-hydrogen) atoms. The first-order valence-electron chi connectivity index (χ1n) is 14.6. The Balaban J connectivity index is 1.22. The number of ether oxygens (including phenoxy) is 2. The summed E-state index contributed by atoms with van der Waals surface area (Å²) < 4.78 is 12.2. The van der Waals surface area contributed by atoms with Crippen molar-refractivity contribution in [3.8, 4) is 11.5 Å². The summed E-state index contributed by atoms with van der Waals surface area (Å²) in [6, 6.07) is 3.39. The summed E-state index contributed by atoms with van der Waals surface area (Å²) >= 11 is 0. The first kappa shape index (κ1) is 29.6. The Bertz CT molecular complexity index is 1300. The van der Waals surface area contributed by atoms with Crippen LogP contribution in [0.4, 0.5) is 4.79 Å². The van der Waals surface area contributed by atoms with Crippen molar-refractivity contribution in [1.29, 1.82) is 0 Å². The molecular formula is C29H41N7O6. The molecule has 6 N–H and O–H groups in total. The molecule has 2 fully saturated rings. The van der Waals surface area contributed by atoms with Crippen molar-refractivity contribution < 1.29 is 28.7 Å². The zero-order chi connectivity index (χ0) is 30.2. The molecule has 1 saturated heterocycles. The summed E-state index contributed by atoms with van der Waals surface area (Å²) in [5.74, 6) is 0.554. The predicted molar refractivity (Wildman–Crippen MR) is 154 cm³/mol. The third kappa shape index (κ3) is 5.37. The highest BCUT2D eigenvalue weighted by Gasteiger charge is 2.65. The van der Waals surface area contributed by atoms with E-state index in [0.29, 0.717) is 49.3 Å². The number of nitrogens with one attached hydrogen (secondary N) is 2. The fourth-order valence-corrected chi connectivity index (χ4v) is 7.34. The van der Waals surface area contributed by atoms with Gasteiger partial charge in [0.1, 0.15) is 6.04 Å². The Hall–Kier alpha value is -3.87. The molecule has 1 aromatic carbocycles. The van der Waals surface area contributed by atoms with Crippen LogP contribution in [0.3, 0.4) is 0 Å². The van der Waals surface area contributed by atoms with E-state index in [-0.39, 0.29) is 42.1 Å². The van der Waals surface area contributed by atoms with Gasteiger partial charge in [0.2, 0.25) is 11.8 Å². The number of rotatable bonds is 10. The highest BCUT2D eigenvalue weighted by atomic mass is 16.6. The molecule has 2 bridgehead atoms. The van der Waals surface area contributed by atoms with Gasteiger partial charge in [-0.05, 0) is 63.2 Å². The molecule has 1 spiro atoms. The lowest BCUT2D eigenvalue weighted by atomic mass is 9.52. The van der Waals surface area contributed by atoms with Gasteiger partial charge in [-0.3, -0.25) is 19.4 Å². The number of aliphatic imine (C=N–C) groups is 1. The van der Waals surface area contributed by atoms with Gasteiger partial charge in [-0.25, -0.2) is 4.79 Å². The van der Waals surface area contributed by atoms with Crippen LogP contribution in [-0.2, 0) is 26.2 Å². The van der Waals surface area contributed by atoms with Gasteiger partial charge in [-0.15, -0.1) is 0 Å². The quantitative estimate of drug-likeness (QED) is 0.168. The van der Waals surface area contributed by atoms with E-state index in [9.17, 15) is 19.2 Å². The van der Waals surface area contributed by atoms with Crippen LogP contribution in [0.1, 0.15) is 50.2 Å². The Morgan fingerprint density at radius 2 is 2.10 bits per heavy atom. The number of carbonyl (C=O) groups excluding carboxylic acids is 4. The molecule has 0 radical (unpaired) electrons. The number of likely N-dealkylation sites (tertiary alicyclic amines) is 1. The molecule has 3 amide bonds. The molecule has 1 saturated carbocycles. The number of carbonyl (C=O) groups is 4. The third-order valence-electron chi connectivity index (χ3n) is 9.27. The Morgan fingerprint density at radius 3 is 2.83 bits per heavy atom. The minimum Gasteiger partial charge on any atom is -0.477 e. The smallest absolute Gasteiger partial charge is 0.415 e. The van der Waals surface area contributed by atoms with Gasteiger partial charge in [-0.2, -0.15) is 0 Å². The number of amides is 3. The van der Waals surface area contributed by atoms with Gasteiger partial charge in [0.05, 0.1) is 0 Å². The van der Waals surface area contributed by atoms with E-state index in [0.717, 1.165) is 36.9 Å². The molecule has 2 aliphatic heterocycles. The lowest BCUT2D eigenvalue weighted by Gasteiger charge is -2.57. The molecule has 13 heteroatoms. The number of likely N-dealkylation sites (N-methyl/N-ethyl adjacent to an activating group) is 2. The van der Waals surface area contributed by atoms with Gasteiger partial charge in [0, 0.05) is 57.0 Å². The second kappa shape index (κ2) is 11.8. The maximum Gasteiger partial charge on any atom is 0.415 e. The van der Waals surface area contributed by atoms with Crippen molar-refractivity contribution in [2.75, 3.05) is 40.3 Å². The molecule has 13 nitrogen and oxygen atoms in total. The lowest BCUT2D eigenvalue weighted by molar-refractivity contribution is -0.138. The van der Waals surface area contributed by atoms with E-state index in [2.05, 4.69) is 27.6 Å². The SMILES string of the molecule is CC(=O)N[C@@H](CCCN=C(N)N)C(=O)NCCN(C)C(=O)Oc1ccc2c3c1OC1C(=O)CCC4[C@@H](C2)N(C)CC[C@]314. The fraction of sp³-hybridized carbons (Fsp3) is 0.621. The first-order chi connectivity index (χ1) is 20.0. The van der Waals surface area contributed by atoms with Crippen molar-refractivity contribution in [3.05, 3.63) is 23.3 Å². The van der Waals surface area contributed by atoms with E-state index >= 15 is 0 Å². The third-order valence-corrected chi connectivity index (χ3v) is 9.27. The monoisotopic (exact) mass is 583 g/mol. The number of benzene rings is 1. The largest absolute Gasteiger partial charge is 0.477 e. The topological polar surface area (TPSA) is 182 Å². The molecule has 5 atom stereocenters. The molecule has 2 aliphatic carbocycles. The standard InChI is InChI=1S/C29H41N7O6/c1-16(37)34-19(5-4-11-33-27(30)31)26(39)32-12-14-36(3)28(40)41-22-9-6-17-15-20-18-7-8-21(38)25-29(18,10-13-35(20)2)23(17)24(22)42-25/h6,9,18-20,25H,4-5,7-8,10-15H2,1-3H3,(H,32,39)(H,34,37)(H4,30,31,33)/t18?,19-,20+,25?,29-/m0/s1. The van der Waals surface area contributed by atoms with Crippen molar-refractivity contribution in [3.63, 3.8) is 0 Å². The van der Waals surface area contributed by atoms with Crippen molar-refractivity contribution >= 4 is 29.7 Å². The maximum atomic E-state index is 13.1. The lowest BCUT2D eigenvalue weighted by Crippen LogP contribution is -2.65. The van der Waals surface area contributed by atoms with Crippen LogP contribution >= 0.6 is 0 Å². The highest BCUT2D eigenvalue weighted by Crippen LogP contribution is 2.63. The van der Waals surface area contributed by atoms with Gasteiger partial charge in [0.15, 0.2) is 29.3 Å². The normalized spacial score (nSPS) is 25.9. The summed E-state index contributed by atoms with van der Waals surface area (Å²) in [6.45, 7) is 2.89. The average Bonchev–Trinajstić information content (AvgIpc) is 3.30. The molecule has 228 valence electrons. The molecular weight excluding hydrogens is 542 g/mol. The number of piperidine rings is 1. The number of nitrogens with two attached hydrogens (primary N) is 2. The van der Waals surface area contributed by atoms with Crippen molar-refractivity contribution in [2.45, 2.75) is 69.1 Å². The molecule has 0 aromatic heterocycles. The Morgan fingerprint density at radius 1 is 1.31 bits per heavy atom. The average molecular weight is 584 g/mol. The zero-order valence-corrected chi connectivity index (χ0v) is 24.5. The number of Topliss-reactive ketones (excluding diaryl/α,β-unsaturated/α-hetero) is 1. The molecule has 5 rings (SSSR count). The summed E-state index contributed by atoms with van der Waals surface area (Å²) in [7, 11) is 3.74. The fourth-order valence-electron chi connectivity index (χ4n) is 7.34. The molecule has 2 heterocycles. The highest BCUT2D eigenvalue weighted by molar-refractivity contribution is 5.89. The van der Waals surface area contributed by atoms with Gasteiger partial charge in [0.25, 0.3) is 0 Å². The number of nitrogens with zero attached hydrogens (tertiary/aromatic N) is 3. The van der Waals surface area contributed by atoms with E-state index < -0.39 is 18.2 Å². The summed E-state index contributed by atoms with van der Waals surface area (Å²) in [6.07, 6.45) is 2.79. The van der Waals surface area contributed by atoms with Gasteiger partial charge in [-0.1, -0.05) is 6.07 Å². The van der Waals surface area contributed by atoms with Crippen LogP contribution in [0, 0.1) is 5.92 Å². The van der Waals surface area contributed by atoms with E-state index in [1.54, 1.807) is 13.1 Å². The van der Waals surface area contributed by atoms with Crippen molar-refractivity contribution in [1.82, 2.24) is 20.4 Å². The molecule has 2 unspecified atom stereocenters. The van der Waals surface area contributed by atoms with Crippen LogP contribution in [0.5, 0.6) is 11.5 Å². The minimum atomic E-state index is -0.751. The van der Waals surface area contributed by atoms with E-state index in [4.69, 9.17) is 20.9 Å². The maximum absolute atomic E-state index is 13.1.